The van der Waals surface area contributed by atoms with E-state index < -0.39 is 104 Å². The molecule has 2 saturated heterocycles. The van der Waals surface area contributed by atoms with Gasteiger partial charge in [0.15, 0.2) is 18.3 Å². The van der Waals surface area contributed by atoms with Crippen LogP contribution >= 0.6 is 0 Å². The second-order valence-corrected chi connectivity index (χ2v) is 12.5. The highest BCUT2D eigenvalue weighted by Crippen LogP contribution is 2.38. The molecule has 0 aromatic rings. The van der Waals surface area contributed by atoms with E-state index >= 15 is 0 Å². The standard InChI is InChI=1S/C30H52O14/c1-16(2)11-9-7-8-10-12-21(34)40-24-23(41-27(37)17(3)4)20(14-32)39-29(25(24)42-28(38)18(5)6)44-30(15-33)26(36)22(35)19(13-31)43-30/h16-20,22-26,29,31-33,35-36H,7-15H2,1-6H3/t19-,20-,22-,23-,24+,25-,26+,29-,30+/m1/s1. The molecule has 256 valence electrons. The smallest absolute Gasteiger partial charge is 0.308 e. The summed E-state index contributed by atoms with van der Waals surface area (Å²) < 4.78 is 34.3. The number of unbranched alkanes of at least 4 members (excludes halogenated alkanes) is 3. The average Bonchev–Trinajstić information content (AvgIpc) is 3.21. The van der Waals surface area contributed by atoms with Crippen molar-refractivity contribution in [3.8, 4) is 0 Å². The van der Waals surface area contributed by atoms with E-state index in [-0.39, 0.29) is 6.42 Å². The molecule has 0 aliphatic carbocycles. The molecule has 0 radical (unpaired) electrons. The van der Waals surface area contributed by atoms with E-state index in [2.05, 4.69) is 13.8 Å². The Bertz CT molecular complexity index is 910. The Morgan fingerprint density at radius 2 is 1.32 bits per heavy atom. The number of aliphatic hydroxyl groups is 5. The van der Waals surface area contributed by atoms with Gasteiger partial charge < -0.3 is 54.0 Å². The van der Waals surface area contributed by atoms with Crippen molar-refractivity contribution in [3.05, 3.63) is 0 Å². The van der Waals surface area contributed by atoms with Crippen LogP contribution in [0.1, 0.15) is 80.1 Å². The maximum atomic E-state index is 13.1. The first-order valence-corrected chi connectivity index (χ1v) is 15.5. The molecule has 0 unspecified atom stereocenters. The summed E-state index contributed by atoms with van der Waals surface area (Å²) in [4.78, 5) is 38.7. The van der Waals surface area contributed by atoms with E-state index in [4.69, 9.17) is 28.4 Å². The number of carbonyl (C=O) groups excluding carboxylic acids is 3. The fourth-order valence-corrected chi connectivity index (χ4v) is 4.92. The minimum atomic E-state index is -2.37. The minimum Gasteiger partial charge on any atom is -0.455 e. The zero-order valence-electron chi connectivity index (χ0n) is 26.6. The monoisotopic (exact) mass is 636 g/mol. The molecule has 5 N–H and O–H groups in total. The van der Waals surface area contributed by atoms with Gasteiger partial charge in [0.2, 0.25) is 12.1 Å². The summed E-state index contributed by atoms with van der Waals surface area (Å²) in [6, 6.07) is 0. The Morgan fingerprint density at radius 3 is 1.82 bits per heavy atom. The SMILES string of the molecule is CC(C)CCCCCCC(=O)O[C@@H]1[C@@H](OC(=O)C(C)C)[C@@H](O[C@]2(CO)O[C@H](CO)[C@@H](O)[C@@H]2O)O[C@H](CO)[C@H]1OC(=O)C(C)C. The first-order chi connectivity index (χ1) is 20.7. The van der Waals surface area contributed by atoms with Crippen molar-refractivity contribution in [2.24, 2.45) is 17.8 Å². The van der Waals surface area contributed by atoms with Crippen LogP contribution in [0, 0.1) is 17.8 Å². The van der Waals surface area contributed by atoms with Crippen molar-refractivity contribution < 1.29 is 68.3 Å². The predicted octanol–water partition coefficient (Wildman–Crippen LogP) is 0.566. The molecule has 0 aromatic carbocycles. The molecule has 0 aromatic heterocycles. The summed E-state index contributed by atoms with van der Waals surface area (Å²) in [6.45, 7) is 8.01. The van der Waals surface area contributed by atoms with Crippen LogP contribution in [0.5, 0.6) is 0 Å². The van der Waals surface area contributed by atoms with Crippen LogP contribution in [-0.2, 0) is 42.8 Å². The van der Waals surface area contributed by atoms with E-state index in [0.717, 1.165) is 25.7 Å². The number of aliphatic hydroxyl groups excluding tert-OH is 5. The number of esters is 3. The zero-order chi connectivity index (χ0) is 33.2. The Hall–Kier alpha value is -1.91. The number of hydrogen-bond acceptors (Lipinski definition) is 14. The van der Waals surface area contributed by atoms with Gasteiger partial charge in [-0.2, -0.15) is 0 Å². The second kappa shape index (κ2) is 17.7. The molecule has 9 atom stereocenters. The molecule has 2 fully saturated rings. The fourth-order valence-electron chi connectivity index (χ4n) is 4.92. The van der Waals surface area contributed by atoms with Gasteiger partial charge >= 0.3 is 17.9 Å². The van der Waals surface area contributed by atoms with Gasteiger partial charge in [0, 0.05) is 6.42 Å². The van der Waals surface area contributed by atoms with Crippen molar-refractivity contribution in [1.29, 1.82) is 0 Å². The lowest BCUT2D eigenvalue weighted by atomic mass is 9.97. The Kier molecular flexibility index (Phi) is 15.4. The van der Waals surface area contributed by atoms with Crippen molar-refractivity contribution in [3.63, 3.8) is 0 Å². The normalized spacial score (nSPS) is 32.3. The molecule has 0 saturated carbocycles. The van der Waals surface area contributed by atoms with Crippen LogP contribution in [0.3, 0.4) is 0 Å². The average molecular weight is 637 g/mol. The van der Waals surface area contributed by atoms with Gasteiger partial charge in [-0.1, -0.05) is 67.2 Å². The Labute approximate surface area is 258 Å². The topological polar surface area (TPSA) is 208 Å². The van der Waals surface area contributed by atoms with Crippen molar-refractivity contribution in [1.82, 2.24) is 0 Å². The highest BCUT2D eigenvalue weighted by molar-refractivity contribution is 5.73. The number of ether oxygens (including phenoxy) is 6. The third-order valence-electron chi connectivity index (χ3n) is 7.62. The molecule has 2 heterocycles. The van der Waals surface area contributed by atoms with Gasteiger partial charge in [-0.25, -0.2) is 0 Å². The van der Waals surface area contributed by atoms with Crippen molar-refractivity contribution in [2.45, 2.75) is 135 Å². The summed E-state index contributed by atoms with van der Waals surface area (Å²) >= 11 is 0. The summed E-state index contributed by atoms with van der Waals surface area (Å²) in [7, 11) is 0. The zero-order valence-corrected chi connectivity index (χ0v) is 26.6. The lowest BCUT2D eigenvalue weighted by molar-refractivity contribution is -0.384. The van der Waals surface area contributed by atoms with E-state index in [1.807, 2.05) is 0 Å². The number of rotatable bonds is 17. The van der Waals surface area contributed by atoms with Gasteiger partial charge in [-0.3, -0.25) is 14.4 Å². The van der Waals surface area contributed by atoms with Crippen molar-refractivity contribution in [2.75, 3.05) is 19.8 Å². The maximum absolute atomic E-state index is 13.1. The molecule has 14 nitrogen and oxygen atoms in total. The van der Waals surface area contributed by atoms with Crippen molar-refractivity contribution >= 4 is 17.9 Å². The van der Waals surface area contributed by atoms with Crippen LogP contribution in [0.2, 0.25) is 0 Å². The van der Waals surface area contributed by atoms with Crippen LogP contribution in [0.4, 0.5) is 0 Å². The van der Waals surface area contributed by atoms with Crippen LogP contribution in [-0.4, -0.2) is 118 Å². The molecular formula is C30H52O14. The van der Waals surface area contributed by atoms with Gasteiger partial charge in [0.25, 0.3) is 0 Å². The molecule has 2 rings (SSSR count). The molecule has 0 spiro atoms. The molecule has 0 bridgehead atoms. The third kappa shape index (κ3) is 10.0. The summed E-state index contributed by atoms with van der Waals surface area (Å²) in [5.41, 5.74) is 0. The van der Waals surface area contributed by atoms with Gasteiger partial charge in [0.05, 0.1) is 25.0 Å². The van der Waals surface area contributed by atoms with E-state index in [9.17, 15) is 39.9 Å². The first kappa shape index (κ1) is 38.3. The van der Waals surface area contributed by atoms with Gasteiger partial charge in [-0.05, 0) is 12.3 Å². The summed E-state index contributed by atoms with van der Waals surface area (Å²) in [5, 5.41) is 51.1. The van der Waals surface area contributed by atoms with Crippen LogP contribution in [0.15, 0.2) is 0 Å². The summed E-state index contributed by atoms with van der Waals surface area (Å²) in [6.07, 6.45) is -8.35. The number of hydrogen-bond donors (Lipinski definition) is 5. The quantitative estimate of drug-likeness (QED) is 0.0840. The lowest BCUT2D eigenvalue weighted by Crippen LogP contribution is -2.65. The highest BCUT2D eigenvalue weighted by atomic mass is 16.8. The second-order valence-electron chi connectivity index (χ2n) is 12.5. The fraction of sp³-hybridized carbons (Fsp3) is 0.900. The first-order valence-electron chi connectivity index (χ1n) is 15.5. The van der Waals surface area contributed by atoms with E-state index in [1.165, 1.54) is 0 Å². The molecule has 14 heteroatoms. The predicted molar refractivity (Wildman–Crippen MR) is 152 cm³/mol. The molecule has 0 amide bonds. The third-order valence-corrected chi connectivity index (χ3v) is 7.62. The Balaban J connectivity index is 2.43. The number of carbonyl (C=O) groups is 3. The minimum absolute atomic E-state index is 0.0107. The lowest BCUT2D eigenvalue weighted by Gasteiger charge is -2.46. The van der Waals surface area contributed by atoms with Gasteiger partial charge in [0.1, 0.15) is 31.0 Å². The Morgan fingerprint density at radius 1 is 0.750 bits per heavy atom. The molecule has 44 heavy (non-hydrogen) atoms. The molecule has 2 aliphatic rings. The van der Waals surface area contributed by atoms with Crippen LogP contribution < -0.4 is 0 Å². The highest BCUT2D eigenvalue weighted by Gasteiger charge is 2.60. The molecule has 2 aliphatic heterocycles. The molecular weight excluding hydrogens is 584 g/mol. The summed E-state index contributed by atoms with van der Waals surface area (Å²) in [5.74, 6) is -5.23. The van der Waals surface area contributed by atoms with Gasteiger partial charge in [-0.15, -0.1) is 0 Å². The largest absolute Gasteiger partial charge is 0.455 e. The van der Waals surface area contributed by atoms with E-state index in [0.29, 0.717) is 12.3 Å². The van der Waals surface area contributed by atoms with E-state index in [1.54, 1.807) is 27.7 Å². The van der Waals surface area contributed by atoms with Crippen LogP contribution in [0.25, 0.3) is 0 Å². The maximum Gasteiger partial charge on any atom is 0.308 e.